The van der Waals surface area contributed by atoms with E-state index in [1.54, 1.807) is 0 Å². The molecule has 0 aromatic heterocycles. The van der Waals surface area contributed by atoms with Crippen LogP contribution in [-0.4, -0.2) is 6.54 Å². The Morgan fingerprint density at radius 2 is 1.50 bits per heavy atom. The number of rotatable bonds is 5. The summed E-state index contributed by atoms with van der Waals surface area (Å²) in [6, 6.07) is 26.4. The highest BCUT2D eigenvalue weighted by atomic mass is 15.2. The van der Waals surface area contributed by atoms with Gasteiger partial charge in [0.25, 0.3) is 0 Å². The van der Waals surface area contributed by atoms with Gasteiger partial charge in [0.15, 0.2) is 0 Å². The fraction of sp³-hybridized carbons (Fsp3) is 0.241. The van der Waals surface area contributed by atoms with Crippen molar-refractivity contribution in [2.75, 3.05) is 11.4 Å². The lowest BCUT2D eigenvalue weighted by Crippen LogP contribution is -2.29. The summed E-state index contributed by atoms with van der Waals surface area (Å²) in [7, 11) is 0. The minimum Gasteiger partial charge on any atom is -0.344 e. The van der Waals surface area contributed by atoms with Crippen LogP contribution in [0.2, 0.25) is 0 Å². The first-order valence-electron chi connectivity index (χ1n) is 10.9. The maximum Gasteiger partial charge on any atom is 0.0614 e. The van der Waals surface area contributed by atoms with Crippen molar-refractivity contribution in [3.8, 4) is 0 Å². The third kappa shape index (κ3) is 3.29. The predicted molar refractivity (Wildman–Crippen MR) is 130 cm³/mol. The number of hydrogen-bond acceptors (Lipinski definition) is 1. The molecular weight excluding hydrogens is 362 g/mol. The Balaban J connectivity index is 1.84. The molecule has 1 atom stereocenters. The Kier molecular flexibility index (Phi) is 5.39. The minimum absolute atomic E-state index is 0.302. The zero-order valence-corrected chi connectivity index (χ0v) is 18.4. The van der Waals surface area contributed by atoms with Gasteiger partial charge in [0.05, 0.1) is 5.41 Å². The van der Waals surface area contributed by atoms with Gasteiger partial charge in [-0.15, -0.1) is 0 Å². The summed E-state index contributed by atoms with van der Waals surface area (Å²) in [4.78, 5) is 2.41. The highest BCUT2D eigenvalue weighted by molar-refractivity contribution is 5.81. The van der Waals surface area contributed by atoms with Crippen LogP contribution < -0.4 is 4.90 Å². The molecule has 1 aliphatic rings. The molecule has 1 aliphatic heterocycles. The molecule has 0 N–H and O–H groups in total. The van der Waals surface area contributed by atoms with Crippen molar-refractivity contribution >= 4 is 11.3 Å². The molecule has 0 saturated carbocycles. The number of nitrogens with zero attached hydrogens (tertiary/aromatic N) is 1. The number of benzene rings is 3. The molecule has 0 bridgehead atoms. The smallest absolute Gasteiger partial charge is 0.0614 e. The molecule has 1 heteroatoms. The van der Waals surface area contributed by atoms with E-state index >= 15 is 0 Å². The monoisotopic (exact) mass is 393 g/mol. The van der Waals surface area contributed by atoms with E-state index in [-0.39, 0.29) is 5.41 Å². The van der Waals surface area contributed by atoms with Crippen molar-refractivity contribution in [3.05, 3.63) is 119 Å². The molecule has 152 valence electrons. The Hall–Kier alpha value is -3.06. The molecular formula is C29H31N. The van der Waals surface area contributed by atoms with E-state index in [9.17, 15) is 0 Å². The van der Waals surface area contributed by atoms with Gasteiger partial charge in [0, 0.05) is 17.9 Å². The summed E-state index contributed by atoms with van der Waals surface area (Å²) in [6.45, 7) is 16.7. The van der Waals surface area contributed by atoms with Crippen molar-refractivity contribution in [1.82, 2.24) is 0 Å². The SMILES string of the molecule is C=C(c1ccc(C)cc1)C1(c2ccc(C)cc2)CCN(c2ccccc2CC)C1=C. The number of hydrogen-bond donors (Lipinski definition) is 0. The average Bonchev–Trinajstić information content (AvgIpc) is 3.12. The molecule has 0 amide bonds. The number of para-hydroxylation sites is 1. The fourth-order valence-electron chi connectivity index (χ4n) is 4.78. The van der Waals surface area contributed by atoms with E-state index in [2.05, 4.69) is 112 Å². The highest BCUT2D eigenvalue weighted by Crippen LogP contribution is 2.52. The van der Waals surface area contributed by atoms with Crippen LogP contribution in [0.3, 0.4) is 0 Å². The third-order valence-electron chi connectivity index (χ3n) is 6.65. The second-order valence-electron chi connectivity index (χ2n) is 8.45. The van der Waals surface area contributed by atoms with Crippen LogP contribution in [0.25, 0.3) is 5.57 Å². The standard InChI is InChI=1S/C29H31N/c1-6-25-9-7-8-10-28(25)30-20-19-29(24(30)5,27-17-13-22(3)14-18-27)23(4)26-15-11-21(2)12-16-26/h7-18H,4-6,19-20H2,1-3H3. The summed E-state index contributed by atoms with van der Waals surface area (Å²) in [5.74, 6) is 0. The summed E-state index contributed by atoms with van der Waals surface area (Å²) in [6.07, 6.45) is 1.98. The molecule has 1 heterocycles. The van der Waals surface area contributed by atoms with E-state index in [4.69, 9.17) is 0 Å². The zero-order chi connectivity index (χ0) is 21.3. The molecule has 4 rings (SSSR count). The van der Waals surface area contributed by atoms with Gasteiger partial charge in [-0.05, 0) is 55.0 Å². The van der Waals surface area contributed by atoms with Crippen LogP contribution >= 0.6 is 0 Å². The molecule has 3 aromatic rings. The fourth-order valence-corrected chi connectivity index (χ4v) is 4.78. The van der Waals surface area contributed by atoms with Gasteiger partial charge < -0.3 is 4.90 Å². The highest BCUT2D eigenvalue weighted by Gasteiger charge is 2.46. The average molecular weight is 394 g/mol. The summed E-state index contributed by atoms with van der Waals surface area (Å²) >= 11 is 0. The molecule has 1 saturated heterocycles. The first kappa shape index (κ1) is 20.2. The van der Waals surface area contributed by atoms with E-state index in [1.165, 1.54) is 33.5 Å². The molecule has 0 radical (unpaired) electrons. The van der Waals surface area contributed by atoms with Crippen LogP contribution in [0.1, 0.15) is 41.2 Å². The van der Waals surface area contributed by atoms with Crippen molar-refractivity contribution in [3.63, 3.8) is 0 Å². The van der Waals surface area contributed by atoms with Crippen molar-refractivity contribution in [1.29, 1.82) is 0 Å². The minimum atomic E-state index is -0.302. The van der Waals surface area contributed by atoms with Gasteiger partial charge in [-0.3, -0.25) is 0 Å². The molecule has 1 nitrogen and oxygen atoms in total. The molecule has 3 aromatic carbocycles. The van der Waals surface area contributed by atoms with Gasteiger partial charge in [0.2, 0.25) is 0 Å². The van der Waals surface area contributed by atoms with Gasteiger partial charge in [-0.1, -0.05) is 97.9 Å². The molecule has 30 heavy (non-hydrogen) atoms. The second kappa shape index (κ2) is 7.99. The lowest BCUT2D eigenvalue weighted by atomic mass is 9.69. The second-order valence-corrected chi connectivity index (χ2v) is 8.45. The lowest BCUT2D eigenvalue weighted by molar-refractivity contribution is 0.681. The Morgan fingerprint density at radius 3 is 2.13 bits per heavy atom. The first-order valence-corrected chi connectivity index (χ1v) is 10.9. The Bertz CT molecular complexity index is 1070. The normalized spacial score (nSPS) is 18.6. The molecule has 1 unspecified atom stereocenters. The van der Waals surface area contributed by atoms with Gasteiger partial charge in [-0.2, -0.15) is 0 Å². The Labute approximate surface area is 181 Å². The number of allylic oxidation sites excluding steroid dienone is 1. The number of aryl methyl sites for hydroxylation is 3. The van der Waals surface area contributed by atoms with Crippen molar-refractivity contribution in [2.24, 2.45) is 0 Å². The summed E-state index contributed by atoms with van der Waals surface area (Å²) < 4.78 is 0. The predicted octanol–water partition coefficient (Wildman–Crippen LogP) is 7.24. The quantitative estimate of drug-likeness (QED) is 0.441. The number of anilines is 1. The third-order valence-corrected chi connectivity index (χ3v) is 6.65. The van der Waals surface area contributed by atoms with E-state index in [0.29, 0.717) is 0 Å². The van der Waals surface area contributed by atoms with Gasteiger partial charge in [-0.25, -0.2) is 0 Å². The largest absolute Gasteiger partial charge is 0.344 e. The van der Waals surface area contributed by atoms with Crippen LogP contribution in [0.5, 0.6) is 0 Å². The molecule has 0 spiro atoms. The summed E-state index contributed by atoms with van der Waals surface area (Å²) in [5, 5.41) is 0. The van der Waals surface area contributed by atoms with E-state index < -0.39 is 0 Å². The Morgan fingerprint density at radius 1 is 0.900 bits per heavy atom. The van der Waals surface area contributed by atoms with Crippen LogP contribution in [0, 0.1) is 13.8 Å². The zero-order valence-electron chi connectivity index (χ0n) is 18.4. The van der Waals surface area contributed by atoms with Crippen molar-refractivity contribution < 1.29 is 0 Å². The van der Waals surface area contributed by atoms with Crippen LogP contribution in [-0.2, 0) is 11.8 Å². The van der Waals surface area contributed by atoms with Gasteiger partial charge >= 0.3 is 0 Å². The van der Waals surface area contributed by atoms with Crippen LogP contribution in [0.4, 0.5) is 5.69 Å². The maximum atomic E-state index is 4.67. The lowest BCUT2D eigenvalue weighted by Gasteiger charge is -2.36. The molecule has 1 fully saturated rings. The van der Waals surface area contributed by atoms with Gasteiger partial charge in [0.1, 0.15) is 0 Å². The first-order chi connectivity index (χ1) is 14.5. The topological polar surface area (TPSA) is 3.24 Å². The van der Waals surface area contributed by atoms with E-state index in [0.717, 1.165) is 30.7 Å². The van der Waals surface area contributed by atoms with Crippen LogP contribution in [0.15, 0.2) is 91.7 Å². The summed E-state index contributed by atoms with van der Waals surface area (Å²) in [5.41, 5.74) is 9.59. The van der Waals surface area contributed by atoms with Crippen molar-refractivity contribution in [2.45, 2.75) is 39.0 Å². The molecule has 0 aliphatic carbocycles. The maximum absolute atomic E-state index is 4.67. The van der Waals surface area contributed by atoms with E-state index in [1.807, 2.05) is 0 Å².